The number of rotatable bonds is 4. The molecule has 19 heavy (non-hydrogen) atoms. The van der Waals surface area contributed by atoms with E-state index >= 15 is 0 Å². The Morgan fingerprint density at radius 3 is 2.58 bits per heavy atom. The van der Waals surface area contributed by atoms with Crippen LogP contribution in [0.5, 0.6) is 0 Å². The summed E-state index contributed by atoms with van der Waals surface area (Å²) in [5.41, 5.74) is 1.69. The quantitative estimate of drug-likeness (QED) is 0.867. The summed E-state index contributed by atoms with van der Waals surface area (Å²) in [4.78, 5) is 15.8. The molecule has 0 aliphatic rings. The Bertz CT molecular complexity index is 555. The molecule has 98 valence electrons. The van der Waals surface area contributed by atoms with Gasteiger partial charge in [0.15, 0.2) is 0 Å². The first-order chi connectivity index (χ1) is 9.15. The van der Waals surface area contributed by atoms with Gasteiger partial charge in [-0.3, -0.25) is 4.79 Å². The van der Waals surface area contributed by atoms with E-state index in [4.69, 9.17) is 11.6 Å². The number of amides is 1. The number of benzene rings is 1. The zero-order chi connectivity index (χ0) is 13.7. The second-order valence-corrected chi connectivity index (χ2v) is 5.25. The van der Waals surface area contributed by atoms with E-state index in [2.05, 4.69) is 26.2 Å². The van der Waals surface area contributed by atoms with Crippen molar-refractivity contribution < 1.29 is 4.79 Å². The van der Waals surface area contributed by atoms with Crippen molar-refractivity contribution >= 4 is 33.4 Å². The Morgan fingerprint density at radius 1 is 1.21 bits per heavy atom. The van der Waals surface area contributed by atoms with Crippen LogP contribution >= 0.6 is 27.5 Å². The van der Waals surface area contributed by atoms with Crippen LogP contribution in [0.3, 0.4) is 0 Å². The number of hydrogen-bond donors (Lipinski definition) is 1. The van der Waals surface area contributed by atoms with Gasteiger partial charge in [-0.05, 0) is 52.2 Å². The van der Waals surface area contributed by atoms with Crippen molar-refractivity contribution in [3.63, 3.8) is 0 Å². The van der Waals surface area contributed by atoms with E-state index in [-0.39, 0.29) is 5.91 Å². The zero-order valence-corrected chi connectivity index (χ0v) is 12.4. The average Bonchev–Trinajstić information content (AvgIpc) is 2.41. The summed E-state index contributed by atoms with van der Waals surface area (Å²) in [6, 6.07) is 11.1. The number of pyridine rings is 1. The van der Waals surface area contributed by atoms with Gasteiger partial charge in [0.25, 0.3) is 5.91 Å². The normalized spacial score (nSPS) is 10.2. The lowest BCUT2D eigenvalue weighted by molar-refractivity contribution is 0.0954. The second kappa shape index (κ2) is 6.68. The lowest BCUT2D eigenvalue weighted by atomic mass is 10.1. The first-order valence-electron chi connectivity index (χ1n) is 5.79. The third-order valence-electron chi connectivity index (χ3n) is 2.60. The van der Waals surface area contributed by atoms with E-state index in [1.165, 1.54) is 0 Å². The Hall–Kier alpha value is -1.39. The zero-order valence-electron chi connectivity index (χ0n) is 10.1. The largest absolute Gasteiger partial charge is 0.352 e. The van der Waals surface area contributed by atoms with Crippen molar-refractivity contribution in [3.8, 4) is 0 Å². The summed E-state index contributed by atoms with van der Waals surface area (Å²) >= 11 is 9.04. The van der Waals surface area contributed by atoms with Gasteiger partial charge in [0.1, 0.15) is 4.60 Å². The van der Waals surface area contributed by atoms with Crippen molar-refractivity contribution in [1.82, 2.24) is 10.3 Å². The van der Waals surface area contributed by atoms with Crippen molar-refractivity contribution in [2.45, 2.75) is 6.42 Å². The molecule has 0 atom stereocenters. The van der Waals surface area contributed by atoms with Crippen LogP contribution in [0.2, 0.25) is 5.02 Å². The first-order valence-corrected chi connectivity index (χ1v) is 6.96. The maximum atomic E-state index is 11.8. The van der Waals surface area contributed by atoms with Gasteiger partial charge in [0.05, 0.1) is 5.56 Å². The SMILES string of the molecule is O=C(NCCc1ccc(Cl)cc1)c1ccc(Br)nc1. The van der Waals surface area contributed by atoms with E-state index in [1.807, 2.05) is 24.3 Å². The third-order valence-corrected chi connectivity index (χ3v) is 3.32. The highest BCUT2D eigenvalue weighted by Crippen LogP contribution is 2.10. The molecule has 0 radical (unpaired) electrons. The predicted octanol–water partition coefficient (Wildman–Crippen LogP) is 3.47. The van der Waals surface area contributed by atoms with Gasteiger partial charge in [-0.2, -0.15) is 0 Å². The van der Waals surface area contributed by atoms with Gasteiger partial charge in [-0.1, -0.05) is 23.7 Å². The van der Waals surface area contributed by atoms with Crippen LogP contribution in [-0.4, -0.2) is 17.4 Å². The Balaban J connectivity index is 1.84. The molecular weight excluding hydrogens is 328 g/mol. The van der Waals surface area contributed by atoms with Crippen LogP contribution in [0.1, 0.15) is 15.9 Å². The molecule has 0 aliphatic heterocycles. The number of nitrogens with zero attached hydrogens (tertiary/aromatic N) is 1. The van der Waals surface area contributed by atoms with Gasteiger partial charge < -0.3 is 5.32 Å². The number of carbonyl (C=O) groups is 1. The summed E-state index contributed by atoms with van der Waals surface area (Å²) < 4.78 is 0.713. The maximum absolute atomic E-state index is 11.8. The molecular formula is C14H12BrClN2O. The minimum absolute atomic E-state index is 0.117. The lowest BCUT2D eigenvalue weighted by Crippen LogP contribution is -2.25. The van der Waals surface area contributed by atoms with E-state index in [9.17, 15) is 4.79 Å². The monoisotopic (exact) mass is 338 g/mol. The molecule has 3 nitrogen and oxygen atoms in total. The highest BCUT2D eigenvalue weighted by molar-refractivity contribution is 9.10. The fourth-order valence-electron chi connectivity index (χ4n) is 1.58. The standard InChI is InChI=1S/C14H12BrClN2O/c15-13-6-3-11(9-18-13)14(19)17-8-7-10-1-4-12(16)5-2-10/h1-6,9H,7-8H2,(H,17,19). The summed E-state index contributed by atoms with van der Waals surface area (Å²) in [5, 5.41) is 3.57. The molecule has 5 heteroatoms. The minimum Gasteiger partial charge on any atom is -0.352 e. The smallest absolute Gasteiger partial charge is 0.252 e. The van der Waals surface area contributed by atoms with Crippen LogP contribution < -0.4 is 5.32 Å². The van der Waals surface area contributed by atoms with Crippen LogP contribution in [-0.2, 0) is 6.42 Å². The van der Waals surface area contributed by atoms with Crippen molar-refractivity contribution in [3.05, 3.63) is 63.3 Å². The molecule has 1 N–H and O–H groups in total. The van der Waals surface area contributed by atoms with Crippen LogP contribution in [0.15, 0.2) is 47.2 Å². The van der Waals surface area contributed by atoms with E-state index < -0.39 is 0 Å². The maximum Gasteiger partial charge on any atom is 0.252 e. The first kappa shape index (κ1) is 14.0. The van der Waals surface area contributed by atoms with Crippen molar-refractivity contribution in [2.24, 2.45) is 0 Å². The van der Waals surface area contributed by atoms with Gasteiger partial charge >= 0.3 is 0 Å². The molecule has 1 heterocycles. The second-order valence-electron chi connectivity index (χ2n) is 4.00. The predicted molar refractivity (Wildman–Crippen MR) is 79.4 cm³/mol. The highest BCUT2D eigenvalue weighted by atomic mass is 79.9. The number of aromatic nitrogens is 1. The molecule has 1 amide bonds. The van der Waals surface area contributed by atoms with Crippen molar-refractivity contribution in [2.75, 3.05) is 6.54 Å². The molecule has 0 saturated heterocycles. The molecule has 0 bridgehead atoms. The molecule has 0 saturated carbocycles. The summed E-state index contributed by atoms with van der Waals surface area (Å²) in [7, 11) is 0. The lowest BCUT2D eigenvalue weighted by Gasteiger charge is -2.05. The van der Waals surface area contributed by atoms with E-state index in [0.717, 1.165) is 12.0 Å². The molecule has 0 aliphatic carbocycles. The fourth-order valence-corrected chi connectivity index (χ4v) is 1.94. The minimum atomic E-state index is -0.117. The Kier molecular flexibility index (Phi) is 4.93. The third kappa shape index (κ3) is 4.33. The van der Waals surface area contributed by atoms with Gasteiger partial charge in [0, 0.05) is 17.8 Å². The van der Waals surface area contributed by atoms with Crippen molar-refractivity contribution in [1.29, 1.82) is 0 Å². The molecule has 2 rings (SSSR count). The summed E-state index contributed by atoms with van der Waals surface area (Å²) in [6.07, 6.45) is 2.31. The number of carbonyl (C=O) groups excluding carboxylic acids is 1. The van der Waals surface area contributed by atoms with E-state index in [0.29, 0.717) is 21.7 Å². The molecule has 1 aromatic carbocycles. The van der Waals surface area contributed by atoms with Crippen LogP contribution in [0, 0.1) is 0 Å². The molecule has 0 unspecified atom stereocenters. The highest BCUT2D eigenvalue weighted by Gasteiger charge is 2.04. The molecule has 1 aromatic heterocycles. The Labute approximate surface area is 125 Å². The molecule has 0 fully saturated rings. The summed E-state index contributed by atoms with van der Waals surface area (Å²) in [5.74, 6) is -0.117. The fraction of sp³-hybridized carbons (Fsp3) is 0.143. The number of hydrogen-bond acceptors (Lipinski definition) is 2. The van der Waals surface area contributed by atoms with Crippen LogP contribution in [0.25, 0.3) is 0 Å². The number of halogens is 2. The van der Waals surface area contributed by atoms with Crippen LogP contribution in [0.4, 0.5) is 0 Å². The van der Waals surface area contributed by atoms with Gasteiger partial charge in [-0.15, -0.1) is 0 Å². The number of nitrogens with one attached hydrogen (secondary N) is 1. The Morgan fingerprint density at radius 2 is 1.95 bits per heavy atom. The van der Waals surface area contributed by atoms with Gasteiger partial charge in [0.2, 0.25) is 0 Å². The topological polar surface area (TPSA) is 42.0 Å². The molecule has 2 aromatic rings. The molecule has 0 spiro atoms. The average molecular weight is 340 g/mol. The van der Waals surface area contributed by atoms with E-state index in [1.54, 1.807) is 18.3 Å². The van der Waals surface area contributed by atoms with Gasteiger partial charge in [-0.25, -0.2) is 4.98 Å². The summed E-state index contributed by atoms with van der Waals surface area (Å²) in [6.45, 7) is 0.580.